The molecule has 0 saturated heterocycles. The van der Waals surface area contributed by atoms with E-state index in [1.807, 2.05) is 0 Å². The first kappa shape index (κ1) is 6.60. The molecule has 0 saturated carbocycles. The molecule has 0 aromatic carbocycles. The van der Waals surface area contributed by atoms with Gasteiger partial charge in [-0.25, -0.2) is 0 Å². The van der Waals surface area contributed by atoms with Crippen molar-refractivity contribution in [2.45, 2.75) is 0 Å². The zero-order valence-electron chi connectivity index (χ0n) is 5.53. The van der Waals surface area contributed by atoms with Crippen molar-refractivity contribution in [1.82, 2.24) is 10.2 Å². The van der Waals surface area contributed by atoms with Crippen LogP contribution in [0.4, 0.5) is 11.5 Å². The number of nitrogens with two attached hydrogens (primary N) is 2. The molecule has 0 unspecified atom stereocenters. The van der Waals surface area contributed by atoms with E-state index >= 15 is 0 Å². The zero-order chi connectivity index (χ0) is 7.56. The Balaban J connectivity index is 3.04. The molecule has 0 atom stereocenters. The third-order valence-corrected chi connectivity index (χ3v) is 1.04. The van der Waals surface area contributed by atoms with Crippen LogP contribution in [0.2, 0.25) is 0 Å². The van der Waals surface area contributed by atoms with Crippen LogP contribution in [0.25, 0.3) is 0 Å². The fraction of sp³-hybridized carbons (Fsp3) is 0.200. The van der Waals surface area contributed by atoms with Crippen LogP contribution in [0.3, 0.4) is 0 Å². The summed E-state index contributed by atoms with van der Waals surface area (Å²) in [7, 11) is 1.49. The van der Waals surface area contributed by atoms with Gasteiger partial charge in [-0.05, 0) is 0 Å². The van der Waals surface area contributed by atoms with Gasteiger partial charge < -0.3 is 16.2 Å². The Kier molecular flexibility index (Phi) is 1.57. The minimum Gasteiger partial charge on any atom is -0.480 e. The molecule has 10 heavy (non-hydrogen) atoms. The minimum absolute atomic E-state index is 0.223. The third-order valence-electron chi connectivity index (χ3n) is 1.04. The summed E-state index contributed by atoms with van der Waals surface area (Å²) in [4.78, 5) is 0. The summed E-state index contributed by atoms with van der Waals surface area (Å²) in [6.07, 6.45) is 0. The van der Waals surface area contributed by atoms with E-state index in [2.05, 4.69) is 10.2 Å². The Bertz CT molecular complexity index is 237. The maximum absolute atomic E-state index is 5.39. The van der Waals surface area contributed by atoms with Crippen LogP contribution in [0.1, 0.15) is 0 Å². The lowest BCUT2D eigenvalue weighted by molar-refractivity contribution is 0.392. The Labute approximate surface area is 58.0 Å². The Morgan fingerprint density at radius 2 is 2.10 bits per heavy atom. The second-order valence-electron chi connectivity index (χ2n) is 1.73. The second kappa shape index (κ2) is 2.38. The second-order valence-corrected chi connectivity index (χ2v) is 1.73. The highest BCUT2D eigenvalue weighted by Gasteiger charge is 1.98. The quantitative estimate of drug-likeness (QED) is 0.556. The van der Waals surface area contributed by atoms with Crippen LogP contribution in [-0.2, 0) is 0 Å². The number of rotatable bonds is 1. The van der Waals surface area contributed by atoms with E-state index in [-0.39, 0.29) is 5.82 Å². The van der Waals surface area contributed by atoms with Gasteiger partial charge in [-0.2, -0.15) is 0 Å². The summed E-state index contributed by atoms with van der Waals surface area (Å²) in [5.41, 5.74) is 11.1. The topological polar surface area (TPSA) is 87.0 Å². The van der Waals surface area contributed by atoms with E-state index < -0.39 is 0 Å². The zero-order valence-corrected chi connectivity index (χ0v) is 5.53. The molecular weight excluding hydrogens is 132 g/mol. The van der Waals surface area contributed by atoms with Crippen molar-refractivity contribution in [2.24, 2.45) is 0 Å². The molecule has 4 N–H and O–H groups in total. The normalized spacial score (nSPS) is 9.30. The molecule has 0 spiro atoms. The highest BCUT2D eigenvalue weighted by molar-refractivity contribution is 5.58. The van der Waals surface area contributed by atoms with Crippen molar-refractivity contribution < 1.29 is 4.74 Å². The molecule has 5 nitrogen and oxygen atoms in total. The molecule has 0 aliphatic carbocycles. The van der Waals surface area contributed by atoms with Crippen LogP contribution in [-0.4, -0.2) is 17.3 Å². The molecule has 1 aromatic rings. The number of methoxy groups -OCH3 is 1. The van der Waals surface area contributed by atoms with E-state index in [0.717, 1.165) is 0 Å². The summed E-state index contributed by atoms with van der Waals surface area (Å²) in [6.45, 7) is 0. The highest BCUT2D eigenvalue weighted by Crippen LogP contribution is 2.14. The fourth-order valence-corrected chi connectivity index (χ4v) is 0.496. The monoisotopic (exact) mass is 140 g/mol. The van der Waals surface area contributed by atoms with Crippen LogP contribution in [0.15, 0.2) is 6.07 Å². The van der Waals surface area contributed by atoms with E-state index in [9.17, 15) is 0 Å². The minimum atomic E-state index is 0.223. The summed E-state index contributed by atoms with van der Waals surface area (Å²) >= 11 is 0. The molecule has 0 bridgehead atoms. The van der Waals surface area contributed by atoms with Gasteiger partial charge in [0.25, 0.3) is 0 Å². The summed E-state index contributed by atoms with van der Waals surface area (Å²) < 4.78 is 4.74. The van der Waals surface area contributed by atoms with E-state index in [1.165, 1.54) is 13.2 Å². The number of hydrogen-bond acceptors (Lipinski definition) is 5. The Morgan fingerprint density at radius 1 is 1.40 bits per heavy atom. The summed E-state index contributed by atoms with van der Waals surface area (Å²) in [5.74, 6) is 0.590. The van der Waals surface area contributed by atoms with Gasteiger partial charge in [-0.15, -0.1) is 10.2 Å². The summed E-state index contributed by atoms with van der Waals surface area (Å²) in [6, 6.07) is 1.52. The van der Waals surface area contributed by atoms with Gasteiger partial charge in [0, 0.05) is 6.07 Å². The molecule has 1 rings (SSSR count). The van der Waals surface area contributed by atoms with Gasteiger partial charge in [-0.3, -0.25) is 0 Å². The first-order valence-corrected chi connectivity index (χ1v) is 2.66. The standard InChI is InChI=1S/C5H8N4O/c1-10-4-2-3(6)5(7)9-8-4/h2H,1H3,(H2,6,8)(H2,7,9). The Morgan fingerprint density at radius 3 is 2.60 bits per heavy atom. The van der Waals surface area contributed by atoms with Gasteiger partial charge in [0.2, 0.25) is 5.88 Å². The molecule has 1 aromatic heterocycles. The van der Waals surface area contributed by atoms with Gasteiger partial charge >= 0.3 is 0 Å². The first-order valence-electron chi connectivity index (χ1n) is 2.66. The molecule has 0 fully saturated rings. The largest absolute Gasteiger partial charge is 0.480 e. The molecule has 54 valence electrons. The average Bonchev–Trinajstić information content (AvgIpc) is 1.95. The smallest absolute Gasteiger partial charge is 0.235 e. The molecule has 0 amide bonds. The average molecular weight is 140 g/mol. The number of ether oxygens (including phenoxy) is 1. The SMILES string of the molecule is COc1cc(N)c(N)nn1. The van der Waals surface area contributed by atoms with Gasteiger partial charge in [0.1, 0.15) is 0 Å². The van der Waals surface area contributed by atoms with Crippen molar-refractivity contribution in [3.8, 4) is 5.88 Å². The Hall–Kier alpha value is -1.52. The number of aromatic nitrogens is 2. The lowest BCUT2D eigenvalue weighted by atomic mass is 10.4. The van der Waals surface area contributed by atoms with E-state index in [1.54, 1.807) is 0 Å². The van der Waals surface area contributed by atoms with Crippen molar-refractivity contribution in [1.29, 1.82) is 0 Å². The molecule has 0 aliphatic heterocycles. The fourth-order valence-electron chi connectivity index (χ4n) is 0.496. The van der Waals surface area contributed by atoms with Crippen molar-refractivity contribution in [2.75, 3.05) is 18.6 Å². The maximum Gasteiger partial charge on any atom is 0.235 e. The predicted molar refractivity (Wildman–Crippen MR) is 37.4 cm³/mol. The summed E-state index contributed by atoms with van der Waals surface area (Å²) in [5, 5.41) is 7.11. The van der Waals surface area contributed by atoms with Gasteiger partial charge in [0.05, 0.1) is 12.8 Å². The van der Waals surface area contributed by atoms with Crippen LogP contribution in [0.5, 0.6) is 5.88 Å². The van der Waals surface area contributed by atoms with E-state index in [0.29, 0.717) is 11.6 Å². The number of nitrogens with zero attached hydrogens (tertiary/aromatic N) is 2. The number of nitrogen functional groups attached to an aromatic ring is 2. The molecule has 1 heterocycles. The lowest BCUT2D eigenvalue weighted by Crippen LogP contribution is -2.00. The predicted octanol–water partition coefficient (Wildman–Crippen LogP) is -0.350. The van der Waals surface area contributed by atoms with Crippen LogP contribution >= 0.6 is 0 Å². The molecule has 0 aliphatic rings. The van der Waals surface area contributed by atoms with Crippen molar-refractivity contribution in [3.63, 3.8) is 0 Å². The lowest BCUT2D eigenvalue weighted by Gasteiger charge is -1.99. The number of anilines is 2. The third kappa shape index (κ3) is 1.07. The van der Waals surface area contributed by atoms with Crippen LogP contribution < -0.4 is 16.2 Å². The van der Waals surface area contributed by atoms with Crippen molar-refractivity contribution in [3.05, 3.63) is 6.07 Å². The highest BCUT2D eigenvalue weighted by atomic mass is 16.5. The van der Waals surface area contributed by atoms with Crippen LogP contribution in [0, 0.1) is 0 Å². The molecule has 5 heteroatoms. The molecular formula is C5H8N4O. The maximum atomic E-state index is 5.39. The van der Waals surface area contributed by atoms with Gasteiger partial charge in [0.15, 0.2) is 5.82 Å². The molecule has 0 radical (unpaired) electrons. The van der Waals surface area contributed by atoms with Crippen molar-refractivity contribution >= 4 is 11.5 Å². The van der Waals surface area contributed by atoms with Gasteiger partial charge in [-0.1, -0.05) is 0 Å². The first-order chi connectivity index (χ1) is 4.74. The number of hydrogen-bond donors (Lipinski definition) is 2. The van der Waals surface area contributed by atoms with E-state index in [4.69, 9.17) is 16.2 Å².